The summed E-state index contributed by atoms with van der Waals surface area (Å²) in [5.41, 5.74) is 2.80. The number of rotatable bonds is 5. The lowest BCUT2D eigenvalue weighted by atomic mass is 10.1. The number of nitrogens with one attached hydrogen (secondary N) is 1. The highest BCUT2D eigenvalue weighted by atomic mass is 79.9. The molecule has 1 aromatic heterocycles. The van der Waals surface area contributed by atoms with Crippen LogP contribution in [0.15, 0.2) is 27.2 Å². The number of halogens is 1. The maximum Gasteiger partial charge on any atom is 0.270 e. The van der Waals surface area contributed by atoms with Gasteiger partial charge in [-0.15, -0.1) is 0 Å². The number of aryl methyl sites for hydroxylation is 2. The minimum atomic E-state index is -0.397. The molecule has 7 heteroatoms. The van der Waals surface area contributed by atoms with E-state index in [4.69, 9.17) is 4.52 Å². The van der Waals surface area contributed by atoms with E-state index < -0.39 is 4.92 Å². The topological polar surface area (TPSA) is 81.2 Å². The summed E-state index contributed by atoms with van der Waals surface area (Å²) in [4.78, 5) is 10.5. The number of non-ortho nitro benzene ring substituents is 1. The summed E-state index contributed by atoms with van der Waals surface area (Å²) >= 11 is 3.29. The van der Waals surface area contributed by atoms with Gasteiger partial charge in [-0.25, -0.2) is 0 Å². The van der Waals surface area contributed by atoms with E-state index in [1.165, 1.54) is 6.07 Å². The van der Waals surface area contributed by atoms with E-state index >= 15 is 0 Å². The van der Waals surface area contributed by atoms with Crippen molar-refractivity contribution in [3.63, 3.8) is 0 Å². The summed E-state index contributed by atoms with van der Waals surface area (Å²) in [6, 6.07) is 4.97. The maximum atomic E-state index is 10.9. The summed E-state index contributed by atoms with van der Waals surface area (Å²) in [5, 5.41) is 18.1. The fourth-order valence-corrected chi connectivity index (χ4v) is 2.85. The van der Waals surface area contributed by atoms with Gasteiger partial charge in [0.05, 0.1) is 10.6 Å². The third-order valence-corrected chi connectivity index (χ3v) is 3.74. The van der Waals surface area contributed by atoms with Crippen LogP contribution in [0.4, 0.5) is 5.69 Å². The Hall–Kier alpha value is -1.73. The largest absolute Gasteiger partial charge is 0.361 e. The van der Waals surface area contributed by atoms with E-state index in [1.54, 1.807) is 6.07 Å². The number of aromatic nitrogens is 1. The highest BCUT2D eigenvalue weighted by molar-refractivity contribution is 9.10. The van der Waals surface area contributed by atoms with Crippen molar-refractivity contribution >= 4 is 21.6 Å². The lowest BCUT2D eigenvalue weighted by molar-refractivity contribution is -0.385. The molecule has 0 radical (unpaired) electrons. The molecule has 2 aromatic rings. The van der Waals surface area contributed by atoms with Gasteiger partial charge < -0.3 is 9.84 Å². The number of nitrogens with zero attached hydrogens (tertiary/aromatic N) is 2. The van der Waals surface area contributed by atoms with Crippen LogP contribution in [0.3, 0.4) is 0 Å². The van der Waals surface area contributed by atoms with Gasteiger partial charge in [0.1, 0.15) is 5.76 Å². The van der Waals surface area contributed by atoms with Gasteiger partial charge in [-0.3, -0.25) is 10.1 Å². The molecule has 0 aliphatic rings. The fourth-order valence-electron chi connectivity index (χ4n) is 2.32. The summed E-state index contributed by atoms with van der Waals surface area (Å²) in [5.74, 6) is 0.785. The van der Waals surface area contributed by atoms with Crippen molar-refractivity contribution in [1.29, 1.82) is 0 Å². The first-order valence-corrected chi connectivity index (χ1v) is 7.27. The van der Waals surface area contributed by atoms with Crippen LogP contribution in [0.25, 0.3) is 0 Å². The molecule has 0 amide bonds. The molecule has 2 rings (SSSR count). The zero-order valence-corrected chi connectivity index (χ0v) is 13.6. The molecule has 6 nitrogen and oxygen atoms in total. The molecule has 21 heavy (non-hydrogen) atoms. The van der Waals surface area contributed by atoms with Gasteiger partial charge in [-0.1, -0.05) is 21.1 Å². The average molecular weight is 354 g/mol. The second kappa shape index (κ2) is 6.36. The summed E-state index contributed by atoms with van der Waals surface area (Å²) in [6.07, 6.45) is 0. The number of hydrogen-bond acceptors (Lipinski definition) is 5. The molecule has 0 saturated carbocycles. The summed E-state index contributed by atoms with van der Waals surface area (Å²) in [6.45, 7) is 6.30. The van der Waals surface area contributed by atoms with E-state index in [9.17, 15) is 10.1 Å². The van der Waals surface area contributed by atoms with Crippen molar-refractivity contribution in [1.82, 2.24) is 10.5 Å². The Morgan fingerprint density at radius 2 is 2.14 bits per heavy atom. The zero-order chi connectivity index (χ0) is 15.6. The van der Waals surface area contributed by atoms with Crippen LogP contribution in [0.2, 0.25) is 0 Å². The first-order valence-electron chi connectivity index (χ1n) is 6.48. The molecule has 1 atom stereocenters. The minimum absolute atomic E-state index is 0.0503. The smallest absolute Gasteiger partial charge is 0.270 e. The van der Waals surface area contributed by atoms with Gasteiger partial charge in [0, 0.05) is 34.8 Å². The van der Waals surface area contributed by atoms with Crippen LogP contribution in [0.5, 0.6) is 0 Å². The number of hydrogen-bond donors (Lipinski definition) is 1. The molecule has 0 saturated heterocycles. The van der Waals surface area contributed by atoms with Crippen molar-refractivity contribution in [3.8, 4) is 0 Å². The Balaban J connectivity index is 2.11. The molecule has 1 N–H and O–H groups in total. The van der Waals surface area contributed by atoms with Gasteiger partial charge in [-0.05, 0) is 32.4 Å². The molecule has 112 valence electrons. The molecule has 0 aliphatic carbocycles. The van der Waals surface area contributed by atoms with Crippen LogP contribution < -0.4 is 5.32 Å². The van der Waals surface area contributed by atoms with Gasteiger partial charge in [0.25, 0.3) is 5.69 Å². The molecule has 1 aromatic carbocycles. The quantitative estimate of drug-likeness (QED) is 0.652. The van der Waals surface area contributed by atoms with Crippen LogP contribution in [0, 0.1) is 24.0 Å². The Bertz CT molecular complexity index is 650. The number of nitro benzene ring substituents is 1. The van der Waals surface area contributed by atoms with E-state index in [0.29, 0.717) is 11.0 Å². The third kappa shape index (κ3) is 3.68. The highest BCUT2D eigenvalue weighted by Gasteiger charge is 2.16. The molecule has 0 spiro atoms. The second-order valence-corrected chi connectivity index (χ2v) is 5.83. The first kappa shape index (κ1) is 15.7. The second-order valence-electron chi connectivity index (χ2n) is 4.92. The van der Waals surface area contributed by atoms with Crippen molar-refractivity contribution in [2.45, 2.75) is 33.4 Å². The van der Waals surface area contributed by atoms with Gasteiger partial charge in [0.15, 0.2) is 0 Å². The molecule has 0 aliphatic heterocycles. The lowest BCUT2D eigenvalue weighted by Crippen LogP contribution is -2.19. The van der Waals surface area contributed by atoms with E-state index in [0.717, 1.165) is 22.6 Å². The van der Waals surface area contributed by atoms with Gasteiger partial charge in [0.2, 0.25) is 0 Å². The normalized spacial score (nSPS) is 12.4. The number of benzene rings is 1. The van der Waals surface area contributed by atoms with Crippen molar-refractivity contribution in [3.05, 3.63) is 55.4 Å². The molecule has 0 bridgehead atoms. The Kier molecular flexibility index (Phi) is 4.74. The number of nitro groups is 1. The highest BCUT2D eigenvalue weighted by Crippen LogP contribution is 2.24. The van der Waals surface area contributed by atoms with Crippen molar-refractivity contribution in [2.75, 3.05) is 0 Å². The summed E-state index contributed by atoms with van der Waals surface area (Å²) in [7, 11) is 0. The SMILES string of the molecule is Cc1noc(C)c1C(C)NCc1cc(Br)cc([N+](=O)[O-])c1. The average Bonchev–Trinajstić information content (AvgIpc) is 2.75. The van der Waals surface area contributed by atoms with E-state index in [1.807, 2.05) is 26.8 Å². The lowest BCUT2D eigenvalue weighted by Gasteiger charge is -2.13. The molecular formula is C14H16BrN3O3. The van der Waals surface area contributed by atoms with Crippen LogP contribution in [-0.4, -0.2) is 10.1 Å². The van der Waals surface area contributed by atoms with Gasteiger partial charge >= 0.3 is 0 Å². The van der Waals surface area contributed by atoms with Crippen LogP contribution in [-0.2, 0) is 6.54 Å². The van der Waals surface area contributed by atoms with Gasteiger partial charge in [-0.2, -0.15) is 0 Å². The van der Waals surface area contributed by atoms with E-state index in [-0.39, 0.29) is 11.7 Å². The standard InChI is InChI=1S/C14H16BrN3O3/c1-8(14-9(2)17-21-10(14)3)16-7-11-4-12(15)6-13(5-11)18(19)20/h4-6,8,16H,7H2,1-3H3. The fraction of sp³-hybridized carbons (Fsp3) is 0.357. The van der Waals surface area contributed by atoms with Crippen molar-refractivity contribution < 1.29 is 9.45 Å². The van der Waals surface area contributed by atoms with Crippen molar-refractivity contribution in [2.24, 2.45) is 0 Å². The Morgan fingerprint density at radius 1 is 1.43 bits per heavy atom. The monoisotopic (exact) mass is 353 g/mol. The molecule has 1 heterocycles. The minimum Gasteiger partial charge on any atom is -0.361 e. The molecular weight excluding hydrogens is 338 g/mol. The van der Waals surface area contributed by atoms with Crippen LogP contribution >= 0.6 is 15.9 Å². The third-order valence-electron chi connectivity index (χ3n) is 3.29. The Morgan fingerprint density at radius 3 is 2.71 bits per heavy atom. The molecule has 1 unspecified atom stereocenters. The maximum absolute atomic E-state index is 10.9. The van der Waals surface area contributed by atoms with Crippen LogP contribution in [0.1, 0.15) is 35.5 Å². The predicted molar refractivity (Wildman–Crippen MR) is 82.0 cm³/mol. The molecule has 0 fully saturated rings. The predicted octanol–water partition coefficient (Wildman–Crippen LogP) is 3.81. The Labute approximate surface area is 130 Å². The summed E-state index contributed by atoms with van der Waals surface area (Å²) < 4.78 is 5.84. The first-order chi connectivity index (χ1) is 9.88. The van der Waals surface area contributed by atoms with E-state index in [2.05, 4.69) is 26.4 Å². The zero-order valence-electron chi connectivity index (χ0n) is 12.0.